The third-order valence-corrected chi connectivity index (χ3v) is 6.08. The van der Waals surface area contributed by atoms with Crippen molar-refractivity contribution in [2.45, 2.75) is 32.2 Å². The predicted octanol–water partition coefficient (Wildman–Crippen LogP) is 4.95. The van der Waals surface area contributed by atoms with Crippen LogP contribution in [0.2, 0.25) is 0 Å². The summed E-state index contributed by atoms with van der Waals surface area (Å²) in [7, 11) is 1.22. The van der Waals surface area contributed by atoms with Gasteiger partial charge in [-0.2, -0.15) is 13.2 Å². The summed E-state index contributed by atoms with van der Waals surface area (Å²) in [5, 5.41) is 2.57. The second kappa shape index (κ2) is 11.6. The number of aromatic nitrogens is 1. The lowest BCUT2D eigenvalue weighted by Gasteiger charge is -2.18. The molecule has 0 radical (unpaired) electrons. The summed E-state index contributed by atoms with van der Waals surface area (Å²) >= 11 is -2.44. The van der Waals surface area contributed by atoms with Crippen LogP contribution in [-0.2, 0) is 35.4 Å². The van der Waals surface area contributed by atoms with Gasteiger partial charge in [-0.25, -0.2) is 18.0 Å². The van der Waals surface area contributed by atoms with E-state index in [9.17, 15) is 31.0 Å². The smallest absolute Gasteiger partial charge is 0.433 e. The fourth-order valence-corrected chi connectivity index (χ4v) is 3.55. The third-order valence-electron chi connectivity index (χ3n) is 5.41. The summed E-state index contributed by atoms with van der Waals surface area (Å²) in [5.41, 5.74) is -0.408. The van der Waals surface area contributed by atoms with Crippen LogP contribution in [0.1, 0.15) is 35.2 Å². The molecule has 0 saturated heterocycles. The molecule has 13 heteroatoms. The van der Waals surface area contributed by atoms with Crippen molar-refractivity contribution in [2.24, 2.45) is 0 Å². The summed E-state index contributed by atoms with van der Waals surface area (Å²) in [6.45, 7) is 1.07. The molecule has 37 heavy (non-hydrogen) atoms. The van der Waals surface area contributed by atoms with Gasteiger partial charge in [0, 0.05) is 19.2 Å². The first-order valence-corrected chi connectivity index (χ1v) is 11.8. The number of nitrogens with zero attached hydrogens (tertiary/aromatic N) is 2. The maximum atomic E-state index is 14.4. The quantitative estimate of drug-likeness (QED) is 0.294. The van der Waals surface area contributed by atoms with Gasteiger partial charge in [0.1, 0.15) is 23.9 Å². The molecule has 0 saturated carbocycles. The largest absolute Gasteiger partial charge is 0.473 e. The maximum Gasteiger partial charge on any atom is 0.433 e. The Balaban J connectivity index is 1.74. The summed E-state index contributed by atoms with van der Waals surface area (Å²) in [6.07, 6.45) is -4.72. The molecule has 2 aromatic carbocycles. The lowest BCUT2D eigenvalue weighted by Crippen LogP contribution is -2.28. The third kappa shape index (κ3) is 7.23. The predicted molar refractivity (Wildman–Crippen MR) is 126 cm³/mol. The molecule has 1 amide bonds. The summed E-state index contributed by atoms with van der Waals surface area (Å²) in [5.74, 6) is -3.08. The molecule has 3 rings (SSSR count). The minimum atomic E-state index is -4.72. The molecule has 2 atom stereocenters. The number of benzene rings is 2. The first-order valence-electron chi connectivity index (χ1n) is 10.7. The van der Waals surface area contributed by atoms with E-state index >= 15 is 0 Å². The van der Waals surface area contributed by atoms with Crippen LogP contribution in [0.3, 0.4) is 0 Å². The highest BCUT2D eigenvalue weighted by atomic mass is 32.2. The lowest BCUT2D eigenvalue weighted by atomic mass is 9.99. The Morgan fingerprint density at radius 2 is 1.81 bits per heavy atom. The summed E-state index contributed by atoms with van der Waals surface area (Å²) in [6, 6.07) is 10.8. The number of anilines is 1. The van der Waals surface area contributed by atoms with Crippen LogP contribution >= 0.6 is 0 Å². The van der Waals surface area contributed by atoms with Crippen LogP contribution in [-0.4, -0.2) is 26.7 Å². The molecule has 0 fully saturated rings. The zero-order valence-corrected chi connectivity index (χ0v) is 20.4. The Bertz CT molecular complexity index is 1290. The molecule has 0 aliphatic rings. The number of nitrogens with one attached hydrogen (secondary N) is 1. The number of pyridine rings is 1. The van der Waals surface area contributed by atoms with Gasteiger partial charge in [0.15, 0.2) is 0 Å². The molecule has 7 nitrogen and oxygen atoms in total. The number of halogens is 5. The number of carbonyl (C=O) groups is 1. The van der Waals surface area contributed by atoms with Crippen molar-refractivity contribution >= 4 is 22.9 Å². The highest BCUT2D eigenvalue weighted by molar-refractivity contribution is 7.80. The number of hydrogen-bond donors (Lipinski definition) is 2. The van der Waals surface area contributed by atoms with Gasteiger partial charge in [0.25, 0.3) is 11.3 Å². The van der Waals surface area contributed by atoms with Crippen molar-refractivity contribution in [1.82, 2.24) is 10.3 Å². The second-order valence-corrected chi connectivity index (χ2v) is 8.96. The first kappa shape index (κ1) is 28.0. The van der Waals surface area contributed by atoms with Gasteiger partial charge in [-0.15, -0.1) is 0 Å². The van der Waals surface area contributed by atoms with Gasteiger partial charge >= 0.3 is 6.18 Å². The topological polar surface area (TPSA) is 91.8 Å². The molecule has 0 spiro atoms. The molecule has 2 unspecified atom stereocenters. The van der Waals surface area contributed by atoms with Crippen LogP contribution < -0.4 is 14.4 Å². The van der Waals surface area contributed by atoms with Crippen molar-refractivity contribution in [3.05, 3.63) is 88.6 Å². The molecular formula is C24H22F5N3O4S. The van der Waals surface area contributed by atoms with Crippen LogP contribution in [0.25, 0.3) is 0 Å². The summed E-state index contributed by atoms with van der Waals surface area (Å²) < 4.78 is 93.6. The van der Waals surface area contributed by atoms with Gasteiger partial charge in [-0.3, -0.25) is 13.7 Å². The SMILES string of the molecule is CC(C(=O)NCc1ccc(C(F)(F)F)nc1OCc1ccc(F)cc1)c1ccc(N(C)S(=O)O)c(F)c1. The van der Waals surface area contributed by atoms with E-state index in [1.807, 2.05) is 0 Å². The van der Waals surface area contributed by atoms with Gasteiger partial charge in [0.05, 0.1) is 11.6 Å². The van der Waals surface area contributed by atoms with E-state index in [1.165, 1.54) is 50.4 Å². The Morgan fingerprint density at radius 1 is 1.14 bits per heavy atom. The van der Waals surface area contributed by atoms with Crippen molar-refractivity contribution in [2.75, 3.05) is 11.4 Å². The number of carbonyl (C=O) groups excluding carboxylic acids is 1. The van der Waals surface area contributed by atoms with E-state index in [1.54, 1.807) is 0 Å². The number of ether oxygens (including phenoxy) is 1. The van der Waals surface area contributed by atoms with E-state index in [-0.39, 0.29) is 35.8 Å². The normalized spacial score (nSPS) is 13.1. The van der Waals surface area contributed by atoms with E-state index in [2.05, 4.69) is 10.3 Å². The molecule has 1 heterocycles. The number of rotatable bonds is 9. The average molecular weight is 544 g/mol. The van der Waals surface area contributed by atoms with Crippen LogP contribution in [0.15, 0.2) is 54.6 Å². The van der Waals surface area contributed by atoms with E-state index in [0.29, 0.717) is 5.56 Å². The molecule has 1 aromatic heterocycles. The molecule has 198 valence electrons. The number of hydrogen-bond acceptors (Lipinski definition) is 4. The van der Waals surface area contributed by atoms with Crippen molar-refractivity contribution < 1.29 is 40.2 Å². The average Bonchev–Trinajstić information content (AvgIpc) is 2.85. The first-order chi connectivity index (χ1) is 17.4. The highest BCUT2D eigenvalue weighted by Crippen LogP contribution is 2.31. The molecule has 0 bridgehead atoms. The van der Waals surface area contributed by atoms with E-state index < -0.39 is 46.6 Å². The zero-order valence-electron chi connectivity index (χ0n) is 19.6. The van der Waals surface area contributed by atoms with Gasteiger partial charge < -0.3 is 10.1 Å². The van der Waals surface area contributed by atoms with E-state index in [4.69, 9.17) is 9.29 Å². The van der Waals surface area contributed by atoms with Crippen LogP contribution in [0, 0.1) is 11.6 Å². The Labute approximate surface area is 211 Å². The Kier molecular flexibility index (Phi) is 8.81. The molecule has 0 aliphatic carbocycles. The van der Waals surface area contributed by atoms with Crippen LogP contribution in [0.4, 0.5) is 27.6 Å². The minimum absolute atomic E-state index is 0.143. The van der Waals surface area contributed by atoms with Crippen molar-refractivity contribution in [1.29, 1.82) is 0 Å². The van der Waals surface area contributed by atoms with Crippen molar-refractivity contribution in [3.8, 4) is 5.88 Å². The minimum Gasteiger partial charge on any atom is -0.473 e. The van der Waals surface area contributed by atoms with Gasteiger partial charge in [0.2, 0.25) is 11.8 Å². The summed E-state index contributed by atoms with van der Waals surface area (Å²) in [4.78, 5) is 16.2. The Morgan fingerprint density at radius 3 is 2.41 bits per heavy atom. The molecule has 3 aromatic rings. The maximum absolute atomic E-state index is 14.4. The van der Waals surface area contributed by atoms with Gasteiger partial charge in [-0.1, -0.05) is 18.2 Å². The standard InChI is InChI=1S/C24H22F5N3O4S/c1-14(16-5-9-20(19(26)11-16)32(2)37(34)35)22(33)30-12-17-6-10-21(24(27,28)29)31-23(17)36-13-15-3-7-18(25)8-4-15/h3-11,14H,12-13H2,1-2H3,(H,30,33)(H,34,35). The Hall–Kier alpha value is -3.58. The lowest BCUT2D eigenvalue weighted by molar-refractivity contribution is -0.141. The second-order valence-electron chi connectivity index (χ2n) is 7.95. The fourth-order valence-electron chi connectivity index (χ4n) is 3.24. The number of alkyl halides is 3. The van der Waals surface area contributed by atoms with Crippen LogP contribution in [0.5, 0.6) is 5.88 Å². The van der Waals surface area contributed by atoms with Crippen molar-refractivity contribution in [3.63, 3.8) is 0 Å². The number of amides is 1. The molecular weight excluding hydrogens is 521 g/mol. The zero-order chi connectivity index (χ0) is 27.3. The highest BCUT2D eigenvalue weighted by Gasteiger charge is 2.33. The molecule has 2 N–H and O–H groups in total. The van der Waals surface area contributed by atoms with Gasteiger partial charge in [-0.05, 0) is 54.4 Å². The fraction of sp³-hybridized carbons (Fsp3) is 0.250. The molecule has 0 aliphatic heterocycles. The monoisotopic (exact) mass is 543 g/mol. The van der Waals surface area contributed by atoms with E-state index in [0.717, 1.165) is 22.5 Å².